The first-order chi connectivity index (χ1) is 8.28. The van der Waals surface area contributed by atoms with Crippen LogP contribution in [0.2, 0.25) is 0 Å². The molecule has 0 aliphatic rings. The fourth-order valence-corrected chi connectivity index (χ4v) is 1.93. The van der Waals surface area contributed by atoms with Gasteiger partial charge in [0.1, 0.15) is 0 Å². The van der Waals surface area contributed by atoms with Crippen molar-refractivity contribution < 1.29 is 9.53 Å². The largest absolute Gasteiger partial charge is 0.418 e. The van der Waals surface area contributed by atoms with E-state index in [-0.39, 0.29) is 0 Å². The lowest BCUT2D eigenvalue weighted by atomic mass is 10.2. The zero-order valence-corrected chi connectivity index (χ0v) is 9.95. The van der Waals surface area contributed by atoms with Crippen molar-refractivity contribution in [1.29, 1.82) is 0 Å². The average molecular weight is 243 g/mol. The van der Waals surface area contributed by atoms with Crippen LogP contribution in [0.15, 0.2) is 30.5 Å². The van der Waals surface area contributed by atoms with Crippen LogP contribution in [0.1, 0.15) is 16.1 Å². The van der Waals surface area contributed by atoms with Gasteiger partial charge in [-0.05, 0) is 31.2 Å². The molecule has 0 aliphatic heterocycles. The highest BCUT2D eigenvalue weighted by atomic mass is 32.1. The van der Waals surface area contributed by atoms with Crippen molar-refractivity contribution in [2.45, 2.75) is 6.92 Å². The Morgan fingerprint density at radius 3 is 3.00 bits per heavy atom. The molecule has 0 atom stereocenters. The third-order valence-corrected chi connectivity index (χ3v) is 2.86. The Kier molecular flexibility index (Phi) is 3.53. The third-order valence-electron chi connectivity index (χ3n) is 1.97. The molecule has 84 valence electrons. The second-order valence-electron chi connectivity index (χ2n) is 3.27. The Bertz CT molecular complexity index is 593. The summed E-state index contributed by atoms with van der Waals surface area (Å²) in [7, 11) is 0. The quantitative estimate of drug-likeness (QED) is 0.600. The van der Waals surface area contributed by atoms with E-state index in [9.17, 15) is 4.79 Å². The lowest BCUT2D eigenvalue weighted by Gasteiger charge is -1.91. The van der Waals surface area contributed by atoms with Gasteiger partial charge in [-0.15, -0.1) is 0 Å². The fraction of sp³-hybridized carbons (Fsp3) is 0.0769. The normalized spacial score (nSPS) is 9.24. The molecule has 0 unspecified atom stereocenters. The van der Waals surface area contributed by atoms with E-state index >= 15 is 0 Å². The zero-order valence-electron chi connectivity index (χ0n) is 9.14. The van der Waals surface area contributed by atoms with Gasteiger partial charge < -0.3 is 4.74 Å². The SMILES string of the molecule is Cc1cc(C#Cc2ccc(OC=O)s2)ccn1. The van der Waals surface area contributed by atoms with Gasteiger partial charge in [0.2, 0.25) is 0 Å². The Balaban J connectivity index is 2.17. The molecule has 17 heavy (non-hydrogen) atoms. The molecule has 0 N–H and O–H groups in total. The minimum atomic E-state index is 0.412. The monoisotopic (exact) mass is 243 g/mol. The molecule has 2 aromatic rings. The van der Waals surface area contributed by atoms with Gasteiger partial charge in [-0.1, -0.05) is 23.2 Å². The molecule has 0 amide bonds. The predicted molar refractivity (Wildman–Crippen MR) is 66.0 cm³/mol. The minimum absolute atomic E-state index is 0.412. The van der Waals surface area contributed by atoms with Crippen LogP contribution >= 0.6 is 11.3 Å². The van der Waals surface area contributed by atoms with Crippen molar-refractivity contribution in [2.24, 2.45) is 0 Å². The maximum Gasteiger partial charge on any atom is 0.299 e. The Morgan fingerprint density at radius 1 is 1.35 bits per heavy atom. The first-order valence-electron chi connectivity index (χ1n) is 4.93. The van der Waals surface area contributed by atoms with Gasteiger partial charge in [-0.25, -0.2) is 0 Å². The van der Waals surface area contributed by atoms with E-state index in [1.165, 1.54) is 11.3 Å². The highest BCUT2D eigenvalue weighted by Gasteiger charge is 1.97. The number of hydrogen-bond donors (Lipinski definition) is 0. The van der Waals surface area contributed by atoms with Gasteiger partial charge in [0, 0.05) is 17.5 Å². The number of nitrogens with zero attached hydrogens (tertiary/aromatic N) is 1. The average Bonchev–Trinajstić information content (AvgIpc) is 2.75. The smallest absolute Gasteiger partial charge is 0.299 e. The van der Waals surface area contributed by atoms with E-state index in [0.717, 1.165) is 16.1 Å². The summed E-state index contributed by atoms with van der Waals surface area (Å²) in [5.74, 6) is 6.05. The number of aryl methyl sites for hydroxylation is 1. The minimum Gasteiger partial charge on any atom is -0.418 e. The number of rotatable bonds is 2. The van der Waals surface area contributed by atoms with Crippen LogP contribution in [0.5, 0.6) is 5.06 Å². The van der Waals surface area contributed by atoms with Crippen molar-refractivity contribution in [3.05, 3.63) is 46.6 Å². The second-order valence-corrected chi connectivity index (χ2v) is 4.31. The van der Waals surface area contributed by atoms with Gasteiger partial charge in [-0.2, -0.15) is 0 Å². The van der Waals surface area contributed by atoms with Crippen molar-refractivity contribution in [2.75, 3.05) is 0 Å². The Labute approximate surface area is 103 Å². The summed E-state index contributed by atoms with van der Waals surface area (Å²) in [6.07, 6.45) is 1.73. The standard InChI is InChI=1S/C13H9NO2S/c1-10-8-11(6-7-14-10)2-3-12-4-5-13(17-12)16-9-15/h4-9H,1H3. The summed E-state index contributed by atoms with van der Waals surface area (Å²) < 4.78 is 4.72. The highest BCUT2D eigenvalue weighted by Crippen LogP contribution is 2.22. The molecule has 2 rings (SSSR count). The molecule has 2 heterocycles. The van der Waals surface area contributed by atoms with E-state index < -0.39 is 0 Å². The molecule has 0 saturated carbocycles. The van der Waals surface area contributed by atoms with E-state index in [1.54, 1.807) is 12.3 Å². The van der Waals surface area contributed by atoms with Crippen molar-refractivity contribution >= 4 is 17.8 Å². The summed E-state index contributed by atoms with van der Waals surface area (Å²) in [6.45, 7) is 2.33. The van der Waals surface area contributed by atoms with Crippen LogP contribution < -0.4 is 4.74 Å². The van der Waals surface area contributed by atoms with Crippen LogP contribution in [0.4, 0.5) is 0 Å². The molecule has 0 bridgehead atoms. The lowest BCUT2D eigenvalue weighted by Crippen LogP contribution is -1.82. The summed E-state index contributed by atoms with van der Waals surface area (Å²) in [4.78, 5) is 15.1. The van der Waals surface area contributed by atoms with Gasteiger partial charge >= 0.3 is 0 Å². The number of hydrogen-bond acceptors (Lipinski definition) is 4. The van der Waals surface area contributed by atoms with Crippen LogP contribution in [-0.4, -0.2) is 11.5 Å². The van der Waals surface area contributed by atoms with Crippen LogP contribution in [0.25, 0.3) is 0 Å². The summed E-state index contributed by atoms with van der Waals surface area (Å²) >= 11 is 1.34. The van der Waals surface area contributed by atoms with Gasteiger partial charge in [0.25, 0.3) is 6.47 Å². The number of ether oxygens (including phenoxy) is 1. The van der Waals surface area contributed by atoms with Crippen molar-refractivity contribution in [1.82, 2.24) is 4.98 Å². The number of pyridine rings is 1. The molecule has 0 aromatic carbocycles. The summed E-state index contributed by atoms with van der Waals surface area (Å²) in [5, 5.41) is 0.551. The molecule has 2 aromatic heterocycles. The maximum atomic E-state index is 10.1. The van der Waals surface area contributed by atoms with E-state index in [0.29, 0.717) is 11.5 Å². The van der Waals surface area contributed by atoms with Crippen molar-refractivity contribution in [3.8, 4) is 16.9 Å². The zero-order chi connectivity index (χ0) is 12.1. The molecule has 0 fully saturated rings. The molecule has 3 nitrogen and oxygen atoms in total. The summed E-state index contributed by atoms with van der Waals surface area (Å²) in [5.41, 5.74) is 1.86. The predicted octanol–water partition coefficient (Wildman–Crippen LogP) is 2.39. The fourth-order valence-electron chi connectivity index (χ4n) is 1.26. The van der Waals surface area contributed by atoms with Crippen LogP contribution in [0, 0.1) is 18.8 Å². The van der Waals surface area contributed by atoms with Gasteiger partial charge in [0.05, 0.1) is 4.88 Å². The van der Waals surface area contributed by atoms with Gasteiger partial charge in [0.15, 0.2) is 5.06 Å². The second kappa shape index (κ2) is 5.28. The lowest BCUT2D eigenvalue weighted by molar-refractivity contribution is -0.120. The maximum absolute atomic E-state index is 10.1. The third kappa shape index (κ3) is 3.16. The van der Waals surface area contributed by atoms with Gasteiger partial charge in [-0.3, -0.25) is 9.78 Å². The Morgan fingerprint density at radius 2 is 2.24 bits per heavy atom. The molecular formula is C13H9NO2S. The molecule has 0 saturated heterocycles. The Hall–Kier alpha value is -2.12. The first-order valence-corrected chi connectivity index (χ1v) is 5.74. The molecule has 0 radical (unpaired) electrons. The molecular weight excluding hydrogens is 234 g/mol. The highest BCUT2D eigenvalue weighted by molar-refractivity contribution is 7.14. The van der Waals surface area contributed by atoms with Crippen molar-refractivity contribution in [3.63, 3.8) is 0 Å². The molecule has 0 spiro atoms. The number of carbonyl (C=O) groups excluding carboxylic acids is 1. The topological polar surface area (TPSA) is 39.2 Å². The number of carbonyl (C=O) groups is 1. The van der Waals surface area contributed by atoms with Crippen LogP contribution in [-0.2, 0) is 4.79 Å². The van der Waals surface area contributed by atoms with Crippen LogP contribution in [0.3, 0.4) is 0 Å². The van der Waals surface area contributed by atoms with E-state index in [4.69, 9.17) is 4.74 Å². The summed E-state index contributed by atoms with van der Waals surface area (Å²) in [6, 6.07) is 7.32. The first kappa shape index (κ1) is 11.4. The molecule has 4 heteroatoms. The number of aromatic nitrogens is 1. The number of thiophene rings is 1. The van der Waals surface area contributed by atoms with E-state index in [1.807, 2.05) is 25.1 Å². The molecule has 0 aliphatic carbocycles. The van der Waals surface area contributed by atoms with E-state index in [2.05, 4.69) is 16.8 Å².